The highest BCUT2D eigenvalue weighted by Gasteiger charge is 2.20. The lowest BCUT2D eigenvalue weighted by molar-refractivity contribution is 1.07. The number of hydrogen-bond donors (Lipinski definition) is 0. The summed E-state index contributed by atoms with van der Waals surface area (Å²) in [6, 6.07) is 56.8. The first kappa shape index (κ1) is 33.8. The van der Waals surface area contributed by atoms with E-state index < -0.39 is 0 Å². The molecule has 0 aliphatic rings. The number of pyridine rings is 4. The molecule has 0 saturated heterocycles. The predicted molar refractivity (Wildman–Crippen MR) is 243 cm³/mol. The van der Waals surface area contributed by atoms with E-state index in [2.05, 4.69) is 115 Å². The Kier molecular flexibility index (Phi) is 7.71. The van der Waals surface area contributed by atoms with E-state index in [0.717, 1.165) is 104 Å². The topological polar surface area (TPSA) is 90.2 Å². The van der Waals surface area contributed by atoms with Gasteiger partial charge in [-0.15, -0.1) is 0 Å². The molecule has 0 bridgehead atoms. The average molecular weight is 766 g/mol. The van der Waals surface area contributed by atoms with E-state index in [1.54, 1.807) is 0 Å². The van der Waals surface area contributed by atoms with Crippen LogP contribution in [0.4, 0.5) is 0 Å². The zero-order valence-corrected chi connectivity index (χ0v) is 32.0. The van der Waals surface area contributed by atoms with Gasteiger partial charge in [0.05, 0.1) is 22.1 Å². The molecule has 5 aromatic heterocycles. The van der Waals surface area contributed by atoms with E-state index in [1.807, 2.05) is 73.3 Å². The zero-order chi connectivity index (χ0) is 39.6. The van der Waals surface area contributed by atoms with Gasteiger partial charge in [-0.2, -0.15) is 0 Å². The van der Waals surface area contributed by atoms with Crippen LogP contribution in [-0.4, -0.2) is 34.9 Å². The van der Waals surface area contributed by atoms with Crippen LogP contribution in [0.3, 0.4) is 0 Å². The minimum absolute atomic E-state index is 0.521. The van der Waals surface area contributed by atoms with Gasteiger partial charge in [-0.05, 0) is 111 Å². The van der Waals surface area contributed by atoms with Gasteiger partial charge in [0.1, 0.15) is 0 Å². The monoisotopic (exact) mass is 765 g/mol. The molecule has 0 radical (unpaired) electrons. The Morgan fingerprint density at radius 2 is 0.667 bits per heavy atom. The standard InChI is InChI=1S/C53H31N7/c1-5-15-41-32(11-1)28-47-43(17-9-21-54-47)49(41)36-25-37(50-42-16-6-2-12-33(42)29-48-44(50)18-10-22-55-48)27-38(26-36)51-58-52(39-23-34-13-3-7-19-45(34)56-30-39)60-53(59-51)40-24-35-14-4-8-20-46(35)57-31-40/h1-31H. The number of aromatic nitrogens is 7. The van der Waals surface area contributed by atoms with Crippen molar-refractivity contribution in [1.29, 1.82) is 0 Å². The van der Waals surface area contributed by atoms with E-state index >= 15 is 0 Å². The van der Waals surface area contributed by atoms with Gasteiger partial charge in [-0.25, -0.2) is 15.0 Å². The first-order valence-corrected chi connectivity index (χ1v) is 19.9. The highest BCUT2D eigenvalue weighted by Crippen LogP contribution is 2.43. The predicted octanol–water partition coefficient (Wildman–Crippen LogP) is 12.7. The SMILES string of the molecule is c1ccc2ncc(-c3nc(-c4cc(-c5c6ccccc6cc6ncccc56)cc(-c5c6ccccc6cc6ncccc56)c4)nc(-c4cnc5ccccc5c4)n3)cc2c1. The normalized spacial score (nSPS) is 11.7. The molecule has 12 aromatic rings. The maximum atomic E-state index is 5.28. The molecule has 0 N–H and O–H groups in total. The summed E-state index contributed by atoms with van der Waals surface area (Å²) >= 11 is 0. The Morgan fingerprint density at radius 1 is 0.267 bits per heavy atom. The van der Waals surface area contributed by atoms with Crippen LogP contribution in [0.5, 0.6) is 0 Å². The van der Waals surface area contributed by atoms with Crippen LogP contribution in [0, 0.1) is 0 Å². The molecule has 0 fully saturated rings. The highest BCUT2D eigenvalue weighted by atomic mass is 15.0. The van der Waals surface area contributed by atoms with Gasteiger partial charge in [0, 0.05) is 63.0 Å². The Bertz CT molecular complexity index is 3350. The van der Waals surface area contributed by atoms with Crippen LogP contribution in [0.1, 0.15) is 0 Å². The van der Waals surface area contributed by atoms with Crippen molar-refractivity contribution in [2.45, 2.75) is 0 Å². The third-order valence-corrected chi connectivity index (χ3v) is 11.4. The van der Waals surface area contributed by atoms with Crippen molar-refractivity contribution in [2.75, 3.05) is 0 Å². The molecule has 0 unspecified atom stereocenters. The number of benzene rings is 7. The van der Waals surface area contributed by atoms with Crippen molar-refractivity contribution in [2.24, 2.45) is 0 Å². The molecule has 5 heterocycles. The first-order chi connectivity index (χ1) is 29.7. The largest absolute Gasteiger partial charge is 0.256 e. The summed E-state index contributed by atoms with van der Waals surface area (Å²) in [5.74, 6) is 1.57. The number of hydrogen-bond acceptors (Lipinski definition) is 7. The van der Waals surface area contributed by atoms with E-state index in [4.69, 9.17) is 34.9 Å². The van der Waals surface area contributed by atoms with Gasteiger partial charge in [0.25, 0.3) is 0 Å². The van der Waals surface area contributed by atoms with Gasteiger partial charge in [-0.3, -0.25) is 19.9 Å². The van der Waals surface area contributed by atoms with Crippen LogP contribution in [-0.2, 0) is 0 Å². The zero-order valence-electron chi connectivity index (χ0n) is 32.0. The van der Waals surface area contributed by atoms with E-state index in [-0.39, 0.29) is 0 Å². The molecule has 0 saturated carbocycles. The Morgan fingerprint density at radius 3 is 1.17 bits per heavy atom. The summed E-state index contributed by atoms with van der Waals surface area (Å²) in [7, 11) is 0. The van der Waals surface area contributed by atoms with Crippen LogP contribution < -0.4 is 0 Å². The van der Waals surface area contributed by atoms with Gasteiger partial charge in [0.15, 0.2) is 17.5 Å². The van der Waals surface area contributed by atoms with Crippen molar-refractivity contribution in [3.8, 4) is 56.4 Å². The van der Waals surface area contributed by atoms with Crippen molar-refractivity contribution >= 4 is 65.2 Å². The fourth-order valence-corrected chi connectivity index (χ4v) is 8.59. The van der Waals surface area contributed by atoms with Gasteiger partial charge in [-0.1, -0.05) is 97.1 Å². The summed E-state index contributed by atoms with van der Waals surface area (Å²) in [5.41, 5.74) is 10.3. The lowest BCUT2D eigenvalue weighted by Crippen LogP contribution is -2.01. The Hall–Kier alpha value is -8.29. The van der Waals surface area contributed by atoms with Gasteiger partial charge >= 0.3 is 0 Å². The van der Waals surface area contributed by atoms with E-state index in [0.29, 0.717) is 17.5 Å². The average Bonchev–Trinajstić information content (AvgIpc) is 3.31. The third-order valence-electron chi connectivity index (χ3n) is 11.4. The molecule has 7 nitrogen and oxygen atoms in total. The van der Waals surface area contributed by atoms with Gasteiger partial charge < -0.3 is 0 Å². The molecular weight excluding hydrogens is 735 g/mol. The molecule has 0 aliphatic heterocycles. The molecule has 7 aromatic carbocycles. The summed E-state index contributed by atoms with van der Waals surface area (Å²) in [6.07, 6.45) is 7.40. The maximum Gasteiger partial charge on any atom is 0.165 e. The highest BCUT2D eigenvalue weighted by molar-refractivity contribution is 6.15. The molecule has 0 spiro atoms. The molecule has 278 valence electrons. The molecule has 7 heteroatoms. The fraction of sp³-hybridized carbons (Fsp3) is 0. The number of rotatable bonds is 5. The van der Waals surface area contributed by atoms with Crippen molar-refractivity contribution in [1.82, 2.24) is 34.9 Å². The second-order valence-electron chi connectivity index (χ2n) is 15.0. The van der Waals surface area contributed by atoms with E-state index in [9.17, 15) is 0 Å². The number of nitrogens with zero attached hydrogens (tertiary/aromatic N) is 7. The van der Waals surface area contributed by atoms with Crippen LogP contribution in [0.2, 0.25) is 0 Å². The van der Waals surface area contributed by atoms with Crippen LogP contribution in [0.15, 0.2) is 189 Å². The quantitative estimate of drug-likeness (QED) is 0.161. The Balaban J connectivity index is 1.18. The lowest BCUT2D eigenvalue weighted by Gasteiger charge is -2.17. The van der Waals surface area contributed by atoms with Crippen molar-refractivity contribution < 1.29 is 0 Å². The molecule has 0 aliphatic carbocycles. The Labute approximate surface area is 343 Å². The summed E-state index contributed by atoms with van der Waals surface area (Å²) < 4.78 is 0. The van der Waals surface area contributed by atoms with E-state index in [1.165, 1.54) is 0 Å². The third kappa shape index (κ3) is 5.71. The second-order valence-corrected chi connectivity index (χ2v) is 15.0. The fourth-order valence-electron chi connectivity index (χ4n) is 8.59. The first-order valence-electron chi connectivity index (χ1n) is 19.9. The summed E-state index contributed by atoms with van der Waals surface area (Å²) in [4.78, 5) is 35.0. The smallest absolute Gasteiger partial charge is 0.165 e. The maximum absolute atomic E-state index is 5.28. The molecule has 12 rings (SSSR count). The molecule has 60 heavy (non-hydrogen) atoms. The number of para-hydroxylation sites is 2. The van der Waals surface area contributed by atoms with Crippen molar-refractivity contribution in [3.05, 3.63) is 189 Å². The molecule has 0 amide bonds. The lowest BCUT2D eigenvalue weighted by atomic mass is 9.88. The van der Waals surface area contributed by atoms with Crippen LogP contribution >= 0.6 is 0 Å². The molecular formula is C53H31N7. The summed E-state index contributed by atoms with van der Waals surface area (Å²) in [5, 5.41) is 8.62. The minimum Gasteiger partial charge on any atom is -0.256 e. The van der Waals surface area contributed by atoms with Crippen LogP contribution in [0.25, 0.3) is 122 Å². The van der Waals surface area contributed by atoms with Crippen molar-refractivity contribution in [3.63, 3.8) is 0 Å². The molecule has 0 atom stereocenters. The van der Waals surface area contributed by atoms with Gasteiger partial charge in [0.2, 0.25) is 0 Å². The second kappa shape index (κ2) is 13.7. The minimum atomic E-state index is 0.521. The number of fused-ring (bicyclic) bond motifs is 6. The summed E-state index contributed by atoms with van der Waals surface area (Å²) in [6.45, 7) is 0.